The van der Waals surface area contributed by atoms with Gasteiger partial charge in [-0.1, -0.05) is 17.7 Å². The number of likely N-dealkylation sites (N-methyl/N-ethyl adjacent to an activating group) is 1. The van der Waals surface area contributed by atoms with Gasteiger partial charge in [-0.3, -0.25) is 24.2 Å². The zero-order valence-electron chi connectivity index (χ0n) is 15.3. The molecule has 1 saturated heterocycles. The van der Waals surface area contributed by atoms with Gasteiger partial charge >= 0.3 is 0 Å². The largest absolute Gasteiger partial charge is 0.324 e. The minimum absolute atomic E-state index is 0.0783. The molecule has 0 spiro atoms. The molecule has 6 heteroatoms. The Hall–Kier alpha value is -2.21. The Bertz CT molecular complexity index is 716. The summed E-state index contributed by atoms with van der Waals surface area (Å²) in [6.45, 7) is 6.03. The van der Waals surface area contributed by atoms with Crippen molar-refractivity contribution < 1.29 is 14.4 Å². The fraction of sp³-hybridized carbons (Fsp3) is 0.526. The molecule has 0 unspecified atom stereocenters. The predicted molar refractivity (Wildman–Crippen MR) is 95.2 cm³/mol. The summed E-state index contributed by atoms with van der Waals surface area (Å²) in [7, 11) is 1.72. The molecule has 1 heterocycles. The standard InChI is InChI=1S/C19H25N3O3/c1-11-7-12(2)18(13(3)8-11)20-16(23)10-21(4)15-9-17(24)22(19(15)25)14-5-6-14/h7-8,14-15H,5-6,9-10H2,1-4H3,(H,20,23)/t15-/m0/s1. The van der Waals surface area contributed by atoms with E-state index in [4.69, 9.17) is 0 Å². The van der Waals surface area contributed by atoms with Crippen molar-refractivity contribution in [3.8, 4) is 0 Å². The van der Waals surface area contributed by atoms with Crippen molar-refractivity contribution >= 4 is 23.4 Å². The van der Waals surface area contributed by atoms with Crippen LogP contribution < -0.4 is 5.32 Å². The summed E-state index contributed by atoms with van der Waals surface area (Å²) in [5, 5.41) is 2.94. The number of carbonyl (C=O) groups excluding carboxylic acids is 3. The molecule has 1 saturated carbocycles. The Kier molecular flexibility index (Phi) is 4.64. The van der Waals surface area contributed by atoms with Gasteiger partial charge in [0.05, 0.1) is 19.0 Å². The van der Waals surface area contributed by atoms with Crippen molar-refractivity contribution in [2.24, 2.45) is 0 Å². The van der Waals surface area contributed by atoms with Crippen molar-refractivity contribution in [3.63, 3.8) is 0 Å². The van der Waals surface area contributed by atoms with Crippen molar-refractivity contribution in [1.82, 2.24) is 9.80 Å². The van der Waals surface area contributed by atoms with Gasteiger partial charge in [-0.15, -0.1) is 0 Å². The molecule has 134 valence electrons. The van der Waals surface area contributed by atoms with Crippen LogP contribution in [0.5, 0.6) is 0 Å². The van der Waals surface area contributed by atoms with Crippen molar-refractivity contribution in [2.75, 3.05) is 18.9 Å². The number of imide groups is 1. The maximum Gasteiger partial charge on any atom is 0.247 e. The number of hydrogen-bond acceptors (Lipinski definition) is 4. The van der Waals surface area contributed by atoms with E-state index < -0.39 is 6.04 Å². The van der Waals surface area contributed by atoms with E-state index in [2.05, 4.69) is 5.32 Å². The van der Waals surface area contributed by atoms with Crippen LogP contribution in [0.4, 0.5) is 5.69 Å². The van der Waals surface area contributed by atoms with Crippen molar-refractivity contribution in [3.05, 3.63) is 28.8 Å². The number of aryl methyl sites for hydroxylation is 3. The van der Waals surface area contributed by atoms with Crippen molar-refractivity contribution in [2.45, 2.75) is 52.1 Å². The van der Waals surface area contributed by atoms with E-state index in [-0.39, 0.29) is 36.7 Å². The third kappa shape index (κ3) is 3.58. The van der Waals surface area contributed by atoms with Gasteiger partial charge in [0.25, 0.3) is 0 Å². The molecule has 1 aliphatic heterocycles. The number of carbonyl (C=O) groups is 3. The van der Waals surface area contributed by atoms with Crippen LogP contribution >= 0.6 is 0 Å². The second-order valence-corrected chi connectivity index (χ2v) is 7.29. The molecule has 3 rings (SSSR count). The van der Waals surface area contributed by atoms with E-state index in [0.29, 0.717) is 0 Å². The highest BCUT2D eigenvalue weighted by Crippen LogP contribution is 2.32. The summed E-state index contributed by atoms with van der Waals surface area (Å²) < 4.78 is 0. The molecule has 6 nitrogen and oxygen atoms in total. The number of benzene rings is 1. The molecule has 1 aromatic rings. The summed E-state index contributed by atoms with van der Waals surface area (Å²) >= 11 is 0. The maximum absolute atomic E-state index is 12.5. The summed E-state index contributed by atoms with van der Waals surface area (Å²) in [5.74, 6) is -0.455. The molecule has 1 atom stereocenters. The summed E-state index contributed by atoms with van der Waals surface area (Å²) in [6.07, 6.45) is 1.97. The Morgan fingerprint density at radius 2 is 1.80 bits per heavy atom. The van der Waals surface area contributed by atoms with E-state index >= 15 is 0 Å². The lowest BCUT2D eigenvalue weighted by Gasteiger charge is -2.23. The van der Waals surface area contributed by atoms with Gasteiger partial charge in [0.15, 0.2) is 0 Å². The second kappa shape index (κ2) is 6.59. The number of likely N-dealkylation sites (tertiary alicyclic amines) is 1. The Morgan fingerprint density at radius 3 is 2.36 bits per heavy atom. The molecule has 2 aliphatic rings. The van der Waals surface area contributed by atoms with Crippen LogP contribution in [0.3, 0.4) is 0 Å². The van der Waals surface area contributed by atoms with Gasteiger partial charge in [-0.25, -0.2) is 0 Å². The monoisotopic (exact) mass is 343 g/mol. The Labute approximate surface area is 148 Å². The molecule has 2 fully saturated rings. The highest BCUT2D eigenvalue weighted by molar-refractivity contribution is 6.06. The molecular weight excluding hydrogens is 318 g/mol. The molecule has 25 heavy (non-hydrogen) atoms. The number of nitrogens with one attached hydrogen (secondary N) is 1. The number of amides is 3. The summed E-state index contributed by atoms with van der Waals surface area (Å²) in [5.41, 5.74) is 4.00. The minimum atomic E-state index is -0.529. The highest BCUT2D eigenvalue weighted by atomic mass is 16.2. The minimum Gasteiger partial charge on any atom is -0.324 e. The second-order valence-electron chi connectivity index (χ2n) is 7.29. The Morgan fingerprint density at radius 1 is 1.20 bits per heavy atom. The molecule has 0 bridgehead atoms. The lowest BCUT2D eigenvalue weighted by atomic mass is 10.1. The fourth-order valence-corrected chi connectivity index (χ4v) is 3.59. The van der Waals surface area contributed by atoms with E-state index in [0.717, 1.165) is 35.2 Å². The summed E-state index contributed by atoms with van der Waals surface area (Å²) in [4.78, 5) is 40.0. The number of anilines is 1. The van der Waals surface area contributed by atoms with Crippen LogP contribution in [-0.4, -0.2) is 53.2 Å². The average Bonchev–Trinajstić information content (AvgIpc) is 3.28. The first-order valence-corrected chi connectivity index (χ1v) is 8.71. The molecule has 1 N–H and O–H groups in total. The first kappa shape index (κ1) is 17.6. The van der Waals surface area contributed by atoms with Gasteiger partial charge < -0.3 is 5.32 Å². The molecule has 0 aromatic heterocycles. The van der Waals surface area contributed by atoms with Gasteiger partial charge in [-0.05, 0) is 51.8 Å². The maximum atomic E-state index is 12.5. The van der Waals surface area contributed by atoms with Crippen LogP contribution in [0.2, 0.25) is 0 Å². The molecule has 0 radical (unpaired) electrons. The van der Waals surface area contributed by atoms with Gasteiger partial charge in [0, 0.05) is 11.7 Å². The van der Waals surface area contributed by atoms with Gasteiger partial charge in [0.2, 0.25) is 17.7 Å². The smallest absolute Gasteiger partial charge is 0.247 e. The zero-order chi connectivity index (χ0) is 18.3. The predicted octanol–water partition coefficient (Wildman–Crippen LogP) is 1.77. The normalized spacial score (nSPS) is 20.5. The lowest BCUT2D eigenvalue weighted by molar-refractivity contribution is -0.140. The van der Waals surface area contributed by atoms with Crippen LogP contribution in [0.25, 0.3) is 0 Å². The van der Waals surface area contributed by atoms with Gasteiger partial charge in [0.1, 0.15) is 0 Å². The van der Waals surface area contributed by atoms with Crippen LogP contribution in [0.15, 0.2) is 12.1 Å². The van der Waals surface area contributed by atoms with Crippen LogP contribution in [0.1, 0.15) is 36.0 Å². The van der Waals surface area contributed by atoms with Crippen LogP contribution in [0, 0.1) is 20.8 Å². The number of hydrogen-bond donors (Lipinski definition) is 1. The zero-order valence-corrected chi connectivity index (χ0v) is 15.3. The van der Waals surface area contributed by atoms with E-state index in [1.807, 2.05) is 32.9 Å². The average molecular weight is 343 g/mol. The SMILES string of the molecule is Cc1cc(C)c(NC(=O)CN(C)[C@H]2CC(=O)N(C3CC3)C2=O)c(C)c1. The van der Waals surface area contributed by atoms with E-state index in [9.17, 15) is 14.4 Å². The molecule has 1 aliphatic carbocycles. The molecule has 1 aromatic carbocycles. The fourth-order valence-electron chi connectivity index (χ4n) is 3.59. The van der Waals surface area contributed by atoms with E-state index in [1.165, 1.54) is 4.90 Å². The first-order valence-electron chi connectivity index (χ1n) is 8.71. The first-order chi connectivity index (χ1) is 11.8. The Balaban J connectivity index is 1.63. The topological polar surface area (TPSA) is 69.7 Å². The number of rotatable bonds is 5. The molecular formula is C19H25N3O3. The quantitative estimate of drug-likeness (QED) is 0.827. The third-order valence-corrected chi connectivity index (χ3v) is 4.94. The lowest BCUT2D eigenvalue weighted by Crippen LogP contribution is -2.43. The van der Waals surface area contributed by atoms with Crippen LogP contribution in [-0.2, 0) is 14.4 Å². The third-order valence-electron chi connectivity index (χ3n) is 4.94. The molecule has 3 amide bonds. The van der Waals surface area contributed by atoms with E-state index in [1.54, 1.807) is 11.9 Å². The van der Waals surface area contributed by atoms with Crippen molar-refractivity contribution in [1.29, 1.82) is 0 Å². The van der Waals surface area contributed by atoms with Gasteiger partial charge in [-0.2, -0.15) is 0 Å². The number of nitrogens with zero attached hydrogens (tertiary/aromatic N) is 2. The summed E-state index contributed by atoms with van der Waals surface area (Å²) in [6, 6.07) is 3.61. The highest BCUT2D eigenvalue weighted by Gasteiger charge is 2.47.